The van der Waals surface area contributed by atoms with Crippen LogP contribution in [-0.4, -0.2) is 11.3 Å². The quantitative estimate of drug-likeness (QED) is 0.654. The molecular formula is C8H4F2N2O. The number of halogens is 2. The monoisotopic (exact) mass is 182 g/mol. The van der Waals surface area contributed by atoms with Crippen molar-refractivity contribution in [3.8, 4) is 6.07 Å². The molecule has 0 saturated heterocycles. The number of hydrogen-bond donors (Lipinski definition) is 0. The molecule has 0 aromatic carbocycles. The second-order valence-corrected chi connectivity index (χ2v) is 2.23. The summed E-state index contributed by atoms with van der Waals surface area (Å²) in [4.78, 5) is 13.6. The fourth-order valence-corrected chi connectivity index (χ4v) is 0.817. The summed E-state index contributed by atoms with van der Waals surface area (Å²) in [6.45, 7) is 0. The number of carbonyl (C=O) groups is 1. The maximum atomic E-state index is 12.2. The van der Waals surface area contributed by atoms with Crippen molar-refractivity contribution < 1.29 is 13.6 Å². The van der Waals surface area contributed by atoms with E-state index in [0.29, 0.717) is 6.29 Å². The van der Waals surface area contributed by atoms with Crippen LogP contribution in [0.2, 0.25) is 0 Å². The highest BCUT2D eigenvalue weighted by atomic mass is 19.3. The maximum absolute atomic E-state index is 12.2. The molecule has 0 fully saturated rings. The predicted octanol–water partition coefficient (Wildman–Crippen LogP) is 1.70. The van der Waals surface area contributed by atoms with Crippen molar-refractivity contribution >= 4 is 6.29 Å². The van der Waals surface area contributed by atoms with E-state index in [2.05, 4.69) is 4.98 Å². The Labute approximate surface area is 72.6 Å². The zero-order valence-electron chi connectivity index (χ0n) is 6.37. The van der Waals surface area contributed by atoms with Crippen LogP contribution in [0.25, 0.3) is 0 Å². The smallest absolute Gasteiger partial charge is 0.266 e. The Morgan fingerprint density at radius 1 is 1.62 bits per heavy atom. The van der Waals surface area contributed by atoms with Crippen LogP contribution in [0.5, 0.6) is 0 Å². The first kappa shape index (κ1) is 9.26. The molecule has 3 nitrogen and oxygen atoms in total. The third kappa shape index (κ3) is 1.85. The molecule has 0 spiro atoms. The number of hydrogen-bond acceptors (Lipinski definition) is 3. The molecule has 0 bridgehead atoms. The Balaban J connectivity index is 3.25. The SMILES string of the molecule is N#Cc1cc(C=O)ncc1C(F)F. The van der Waals surface area contributed by atoms with E-state index in [0.717, 1.165) is 12.3 Å². The van der Waals surface area contributed by atoms with Gasteiger partial charge >= 0.3 is 0 Å². The number of pyridine rings is 1. The minimum Gasteiger partial charge on any atom is -0.296 e. The molecule has 66 valence electrons. The summed E-state index contributed by atoms with van der Waals surface area (Å²) in [5, 5.41) is 8.46. The van der Waals surface area contributed by atoms with Gasteiger partial charge in [0.25, 0.3) is 6.43 Å². The molecule has 0 unspecified atom stereocenters. The van der Waals surface area contributed by atoms with Crippen LogP contribution in [0.3, 0.4) is 0 Å². The van der Waals surface area contributed by atoms with E-state index in [-0.39, 0.29) is 11.3 Å². The van der Waals surface area contributed by atoms with Crippen LogP contribution in [0.15, 0.2) is 12.3 Å². The van der Waals surface area contributed by atoms with Crippen molar-refractivity contribution in [3.63, 3.8) is 0 Å². The van der Waals surface area contributed by atoms with Crippen molar-refractivity contribution in [3.05, 3.63) is 29.1 Å². The van der Waals surface area contributed by atoms with Gasteiger partial charge in [0.05, 0.1) is 17.2 Å². The number of nitriles is 1. The highest BCUT2D eigenvalue weighted by Gasteiger charge is 2.13. The third-order valence-corrected chi connectivity index (χ3v) is 1.43. The minimum absolute atomic E-state index is 0.0269. The lowest BCUT2D eigenvalue weighted by Crippen LogP contribution is -1.95. The molecule has 1 aromatic heterocycles. The van der Waals surface area contributed by atoms with Crippen molar-refractivity contribution in [1.29, 1.82) is 5.26 Å². The van der Waals surface area contributed by atoms with Gasteiger partial charge in [-0.25, -0.2) is 8.78 Å². The molecule has 0 saturated carbocycles. The topological polar surface area (TPSA) is 53.8 Å². The van der Waals surface area contributed by atoms with Crippen LogP contribution >= 0.6 is 0 Å². The van der Waals surface area contributed by atoms with E-state index in [1.54, 1.807) is 6.07 Å². The first-order chi connectivity index (χ1) is 6.19. The zero-order chi connectivity index (χ0) is 9.84. The molecule has 0 aliphatic rings. The fourth-order valence-electron chi connectivity index (χ4n) is 0.817. The van der Waals surface area contributed by atoms with E-state index >= 15 is 0 Å². The van der Waals surface area contributed by atoms with E-state index in [1.807, 2.05) is 0 Å². The van der Waals surface area contributed by atoms with Gasteiger partial charge in [-0.15, -0.1) is 0 Å². The van der Waals surface area contributed by atoms with Gasteiger partial charge < -0.3 is 0 Å². The summed E-state index contributed by atoms with van der Waals surface area (Å²) in [5.41, 5.74) is -0.693. The molecule has 1 aromatic rings. The summed E-state index contributed by atoms with van der Waals surface area (Å²) in [7, 11) is 0. The van der Waals surface area contributed by atoms with E-state index in [9.17, 15) is 13.6 Å². The van der Waals surface area contributed by atoms with Crippen LogP contribution in [0.4, 0.5) is 8.78 Å². The molecule has 5 heteroatoms. The lowest BCUT2D eigenvalue weighted by molar-refractivity contribution is 0.111. The number of aldehydes is 1. The highest BCUT2D eigenvalue weighted by Crippen LogP contribution is 2.21. The Kier molecular flexibility index (Phi) is 2.65. The van der Waals surface area contributed by atoms with Crippen LogP contribution in [-0.2, 0) is 0 Å². The largest absolute Gasteiger partial charge is 0.296 e. The van der Waals surface area contributed by atoms with Gasteiger partial charge in [0.1, 0.15) is 5.69 Å². The average Bonchev–Trinajstić information content (AvgIpc) is 2.16. The van der Waals surface area contributed by atoms with Gasteiger partial charge in [0.15, 0.2) is 6.29 Å². The number of nitrogens with zero attached hydrogens (tertiary/aromatic N) is 2. The van der Waals surface area contributed by atoms with Crippen LogP contribution < -0.4 is 0 Å². The third-order valence-electron chi connectivity index (χ3n) is 1.43. The molecule has 1 rings (SSSR count). The lowest BCUT2D eigenvalue weighted by Gasteiger charge is -2.00. The molecule has 0 N–H and O–H groups in total. The molecule has 0 atom stereocenters. The Bertz CT molecular complexity index is 371. The lowest BCUT2D eigenvalue weighted by atomic mass is 10.1. The Hall–Kier alpha value is -1.83. The van der Waals surface area contributed by atoms with Gasteiger partial charge in [0.2, 0.25) is 0 Å². The van der Waals surface area contributed by atoms with Gasteiger partial charge in [-0.3, -0.25) is 9.78 Å². The van der Waals surface area contributed by atoms with Gasteiger partial charge in [-0.2, -0.15) is 5.26 Å². The van der Waals surface area contributed by atoms with Crippen molar-refractivity contribution in [2.75, 3.05) is 0 Å². The minimum atomic E-state index is -2.75. The summed E-state index contributed by atoms with van der Waals surface area (Å²) < 4.78 is 24.3. The number of alkyl halides is 2. The van der Waals surface area contributed by atoms with Crippen LogP contribution in [0, 0.1) is 11.3 Å². The molecule has 0 aliphatic carbocycles. The van der Waals surface area contributed by atoms with Crippen molar-refractivity contribution in [1.82, 2.24) is 4.98 Å². The number of rotatable bonds is 2. The Morgan fingerprint density at radius 3 is 2.77 bits per heavy atom. The van der Waals surface area contributed by atoms with E-state index < -0.39 is 12.0 Å². The van der Waals surface area contributed by atoms with Crippen LogP contribution in [0.1, 0.15) is 28.0 Å². The van der Waals surface area contributed by atoms with Gasteiger partial charge in [-0.1, -0.05) is 0 Å². The average molecular weight is 182 g/mol. The molecule has 0 amide bonds. The number of aromatic nitrogens is 1. The molecule has 1 heterocycles. The second-order valence-electron chi connectivity index (χ2n) is 2.23. The first-order valence-corrected chi connectivity index (χ1v) is 3.32. The maximum Gasteiger partial charge on any atom is 0.266 e. The molecule has 0 aliphatic heterocycles. The standard InChI is InChI=1S/C8H4F2N2O/c9-8(10)7-3-12-6(4-13)1-5(7)2-11/h1,3-4,8H. The molecule has 13 heavy (non-hydrogen) atoms. The summed E-state index contributed by atoms with van der Waals surface area (Å²) in [6, 6.07) is 2.61. The van der Waals surface area contributed by atoms with Crippen molar-refractivity contribution in [2.45, 2.75) is 6.43 Å². The Morgan fingerprint density at radius 2 is 2.31 bits per heavy atom. The summed E-state index contributed by atoms with van der Waals surface area (Å²) in [6.07, 6.45) is -1.51. The van der Waals surface area contributed by atoms with Gasteiger partial charge in [0, 0.05) is 6.20 Å². The second kappa shape index (κ2) is 3.72. The normalized spacial score (nSPS) is 9.69. The molecule has 0 radical (unpaired) electrons. The predicted molar refractivity (Wildman–Crippen MR) is 39.3 cm³/mol. The van der Waals surface area contributed by atoms with E-state index in [1.165, 1.54) is 0 Å². The fraction of sp³-hybridized carbons (Fsp3) is 0.125. The van der Waals surface area contributed by atoms with Crippen molar-refractivity contribution in [2.24, 2.45) is 0 Å². The summed E-state index contributed by atoms with van der Waals surface area (Å²) >= 11 is 0. The zero-order valence-corrected chi connectivity index (χ0v) is 6.37. The summed E-state index contributed by atoms with van der Waals surface area (Å²) in [5.74, 6) is 0. The molecular weight excluding hydrogens is 178 g/mol. The van der Waals surface area contributed by atoms with E-state index in [4.69, 9.17) is 5.26 Å². The first-order valence-electron chi connectivity index (χ1n) is 3.32. The number of carbonyl (C=O) groups excluding carboxylic acids is 1. The highest BCUT2D eigenvalue weighted by molar-refractivity contribution is 5.72. The van der Waals surface area contributed by atoms with Gasteiger partial charge in [-0.05, 0) is 6.07 Å².